The SMILES string of the molecule is Cc1oc(-c2ccc(Cl)cc2)nc1Cn1nnc(C(=O)Nc2ccc(F)c(F)c2)c1C. The van der Waals surface area contributed by atoms with Crippen molar-refractivity contribution in [1.82, 2.24) is 20.0 Å². The van der Waals surface area contributed by atoms with Crippen LogP contribution in [-0.4, -0.2) is 25.9 Å². The molecular formula is C21H16ClF2N5O2. The Bertz CT molecular complexity index is 1270. The number of halogens is 3. The van der Waals surface area contributed by atoms with Crippen LogP contribution in [0.25, 0.3) is 11.5 Å². The van der Waals surface area contributed by atoms with Crippen molar-refractivity contribution in [2.75, 3.05) is 5.32 Å². The summed E-state index contributed by atoms with van der Waals surface area (Å²) in [6, 6.07) is 10.2. The predicted octanol–water partition coefficient (Wildman–Crippen LogP) is 4.78. The second-order valence-electron chi connectivity index (χ2n) is 6.79. The molecule has 31 heavy (non-hydrogen) atoms. The molecule has 2 aromatic heterocycles. The third-order valence-electron chi connectivity index (χ3n) is 4.66. The average molecular weight is 444 g/mol. The van der Waals surface area contributed by atoms with E-state index >= 15 is 0 Å². The Balaban J connectivity index is 1.52. The van der Waals surface area contributed by atoms with E-state index in [0.29, 0.717) is 28.1 Å². The maximum Gasteiger partial charge on any atom is 0.278 e. The van der Waals surface area contributed by atoms with E-state index < -0.39 is 17.5 Å². The lowest BCUT2D eigenvalue weighted by Crippen LogP contribution is -2.15. The Morgan fingerprint density at radius 2 is 1.87 bits per heavy atom. The van der Waals surface area contributed by atoms with E-state index in [1.54, 1.807) is 38.1 Å². The number of anilines is 1. The minimum absolute atomic E-state index is 0.0591. The van der Waals surface area contributed by atoms with Gasteiger partial charge < -0.3 is 9.73 Å². The van der Waals surface area contributed by atoms with E-state index in [-0.39, 0.29) is 17.9 Å². The van der Waals surface area contributed by atoms with E-state index in [1.165, 1.54) is 10.7 Å². The molecule has 4 rings (SSSR count). The molecule has 2 aromatic carbocycles. The molecule has 1 N–H and O–H groups in total. The summed E-state index contributed by atoms with van der Waals surface area (Å²) in [6.07, 6.45) is 0. The third kappa shape index (κ3) is 4.31. The Hall–Kier alpha value is -3.59. The average Bonchev–Trinajstić information content (AvgIpc) is 3.28. The van der Waals surface area contributed by atoms with E-state index in [9.17, 15) is 13.6 Å². The largest absolute Gasteiger partial charge is 0.441 e. The molecule has 2 heterocycles. The Morgan fingerprint density at radius 1 is 1.13 bits per heavy atom. The number of benzene rings is 2. The molecule has 0 bridgehead atoms. The van der Waals surface area contributed by atoms with E-state index in [1.807, 2.05) is 0 Å². The number of carbonyl (C=O) groups is 1. The molecule has 0 aliphatic carbocycles. The number of nitrogens with zero attached hydrogens (tertiary/aromatic N) is 4. The van der Waals surface area contributed by atoms with Crippen LogP contribution in [0.2, 0.25) is 5.02 Å². The second kappa shape index (κ2) is 8.27. The van der Waals surface area contributed by atoms with Crippen LogP contribution >= 0.6 is 11.6 Å². The van der Waals surface area contributed by atoms with Gasteiger partial charge in [-0.05, 0) is 50.2 Å². The smallest absolute Gasteiger partial charge is 0.278 e. The first-order valence-electron chi connectivity index (χ1n) is 9.20. The fourth-order valence-corrected chi connectivity index (χ4v) is 3.04. The number of hydrogen-bond acceptors (Lipinski definition) is 5. The summed E-state index contributed by atoms with van der Waals surface area (Å²) >= 11 is 5.92. The van der Waals surface area contributed by atoms with Crippen LogP contribution < -0.4 is 5.32 Å². The fourth-order valence-electron chi connectivity index (χ4n) is 2.92. The van der Waals surface area contributed by atoms with Crippen LogP contribution in [0.1, 0.15) is 27.6 Å². The predicted molar refractivity (Wildman–Crippen MR) is 110 cm³/mol. The number of carbonyl (C=O) groups excluding carboxylic acids is 1. The maximum absolute atomic E-state index is 13.4. The minimum atomic E-state index is -1.06. The van der Waals surface area contributed by atoms with Crippen molar-refractivity contribution in [2.24, 2.45) is 0 Å². The highest BCUT2D eigenvalue weighted by atomic mass is 35.5. The lowest BCUT2D eigenvalue weighted by atomic mass is 10.2. The lowest BCUT2D eigenvalue weighted by Gasteiger charge is -2.05. The van der Waals surface area contributed by atoms with Crippen LogP contribution in [0.4, 0.5) is 14.5 Å². The van der Waals surface area contributed by atoms with Gasteiger partial charge in [0.05, 0.1) is 12.2 Å². The zero-order valence-electron chi connectivity index (χ0n) is 16.5. The van der Waals surface area contributed by atoms with Crippen molar-refractivity contribution in [3.8, 4) is 11.5 Å². The van der Waals surface area contributed by atoms with Crippen molar-refractivity contribution in [3.63, 3.8) is 0 Å². The molecule has 7 nitrogen and oxygen atoms in total. The monoisotopic (exact) mass is 443 g/mol. The normalized spacial score (nSPS) is 11.0. The topological polar surface area (TPSA) is 85.8 Å². The van der Waals surface area contributed by atoms with Gasteiger partial charge in [0.25, 0.3) is 5.91 Å². The third-order valence-corrected chi connectivity index (χ3v) is 4.91. The molecule has 0 atom stereocenters. The maximum atomic E-state index is 13.4. The Kier molecular flexibility index (Phi) is 5.51. The molecule has 0 aliphatic rings. The quantitative estimate of drug-likeness (QED) is 0.479. The molecule has 0 aliphatic heterocycles. The summed E-state index contributed by atoms with van der Waals surface area (Å²) in [5, 5.41) is 11.0. The molecule has 0 saturated heterocycles. The van der Waals surface area contributed by atoms with Gasteiger partial charge in [-0.2, -0.15) is 0 Å². The number of aromatic nitrogens is 4. The van der Waals surface area contributed by atoms with Crippen molar-refractivity contribution in [2.45, 2.75) is 20.4 Å². The molecule has 10 heteroatoms. The van der Waals surface area contributed by atoms with Gasteiger partial charge >= 0.3 is 0 Å². The molecule has 0 saturated carbocycles. The molecule has 4 aromatic rings. The van der Waals surface area contributed by atoms with E-state index in [0.717, 1.165) is 17.7 Å². The Morgan fingerprint density at radius 3 is 2.58 bits per heavy atom. The molecule has 1 amide bonds. The highest BCUT2D eigenvalue weighted by Gasteiger charge is 2.19. The zero-order chi connectivity index (χ0) is 22.1. The lowest BCUT2D eigenvalue weighted by molar-refractivity contribution is 0.102. The van der Waals surface area contributed by atoms with Crippen molar-refractivity contribution < 1.29 is 18.0 Å². The minimum Gasteiger partial charge on any atom is -0.441 e. The summed E-state index contributed by atoms with van der Waals surface area (Å²) in [7, 11) is 0. The number of oxazole rings is 1. The first-order chi connectivity index (χ1) is 14.8. The van der Waals surface area contributed by atoms with Crippen LogP contribution in [0.5, 0.6) is 0 Å². The molecule has 158 valence electrons. The van der Waals surface area contributed by atoms with Gasteiger partial charge in [0, 0.05) is 22.3 Å². The summed E-state index contributed by atoms with van der Waals surface area (Å²) in [5.74, 6) is -1.60. The number of aryl methyl sites for hydroxylation is 1. The second-order valence-corrected chi connectivity index (χ2v) is 7.23. The van der Waals surface area contributed by atoms with Crippen molar-refractivity contribution in [1.29, 1.82) is 0 Å². The molecule has 0 radical (unpaired) electrons. The van der Waals surface area contributed by atoms with Crippen LogP contribution in [-0.2, 0) is 6.54 Å². The zero-order valence-corrected chi connectivity index (χ0v) is 17.2. The highest BCUT2D eigenvalue weighted by Crippen LogP contribution is 2.24. The summed E-state index contributed by atoms with van der Waals surface area (Å²) in [6.45, 7) is 3.70. The van der Waals surface area contributed by atoms with Crippen molar-refractivity contribution >= 4 is 23.2 Å². The fraction of sp³-hybridized carbons (Fsp3) is 0.143. The van der Waals surface area contributed by atoms with Gasteiger partial charge in [-0.1, -0.05) is 16.8 Å². The number of nitrogens with one attached hydrogen (secondary N) is 1. The number of hydrogen-bond donors (Lipinski definition) is 1. The molecule has 0 unspecified atom stereocenters. The highest BCUT2D eigenvalue weighted by molar-refractivity contribution is 6.30. The van der Waals surface area contributed by atoms with Gasteiger partial charge in [0.15, 0.2) is 17.3 Å². The Labute approximate surface area is 180 Å². The number of rotatable bonds is 5. The summed E-state index contributed by atoms with van der Waals surface area (Å²) in [5.41, 5.74) is 2.06. The molecular weight excluding hydrogens is 428 g/mol. The van der Waals surface area contributed by atoms with Crippen molar-refractivity contribution in [3.05, 3.63) is 82.0 Å². The first kappa shape index (κ1) is 20.7. The van der Waals surface area contributed by atoms with Gasteiger partial charge in [-0.25, -0.2) is 18.4 Å². The summed E-state index contributed by atoms with van der Waals surface area (Å²) in [4.78, 5) is 17.0. The number of amides is 1. The van der Waals surface area contributed by atoms with Gasteiger partial charge in [0.1, 0.15) is 11.5 Å². The van der Waals surface area contributed by atoms with Gasteiger partial charge in [-0.3, -0.25) is 4.79 Å². The first-order valence-corrected chi connectivity index (χ1v) is 9.58. The van der Waals surface area contributed by atoms with E-state index in [2.05, 4.69) is 20.6 Å². The van der Waals surface area contributed by atoms with Crippen LogP contribution in [0.3, 0.4) is 0 Å². The standard InChI is InChI=1S/C21H16ClF2N5O2/c1-11-19(20(30)25-15-7-8-16(23)17(24)9-15)27-28-29(11)10-18-12(2)31-21(26-18)13-3-5-14(22)6-4-13/h3-9H,10H2,1-2H3,(H,25,30). The summed E-state index contributed by atoms with van der Waals surface area (Å²) < 4.78 is 33.7. The molecule has 0 spiro atoms. The van der Waals surface area contributed by atoms with Gasteiger partial charge in [0.2, 0.25) is 5.89 Å². The van der Waals surface area contributed by atoms with E-state index in [4.69, 9.17) is 16.0 Å². The van der Waals surface area contributed by atoms with Gasteiger partial charge in [-0.15, -0.1) is 5.10 Å². The molecule has 0 fully saturated rings. The van der Waals surface area contributed by atoms with Crippen LogP contribution in [0, 0.1) is 25.5 Å². The van der Waals surface area contributed by atoms with Crippen LogP contribution in [0.15, 0.2) is 46.9 Å².